The molecule has 2 aromatic heterocycles. The van der Waals surface area contributed by atoms with Gasteiger partial charge in [-0.05, 0) is 49.3 Å². The summed E-state index contributed by atoms with van der Waals surface area (Å²) in [4.78, 5) is 16.4. The van der Waals surface area contributed by atoms with Gasteiger partial charge in [0, 0.05) is 29.5 Å². The first kappa shape index (κ1) is 17.9. The standard InChI is InChI=1S/C17H17ClN6O2S/c18-11-3-1-10(2-4-11)16-20-15(26-23-16)8-7-14(25)19-9-13-21-22-17(27)24(13)12-5-6-12/h1-4,12H,5-9H2,(H,19,25)(H,22,27). The van der Waals surface area contributed by atoms with Crippen LogP contribution in [0.5, 0.6) is 0 Å². The summed E-state index contributed by atoms with van der Waals surface area (Å²) in [5.41, 5.74) is 0.807. The summed E-state index contributed by atoms with van der Waals surface area (Å²) in [6.45, 7) is 0.336. The first-order chi connectivity index (χ1) is 13.1. The molecule has 140 valence electrons. The van der Waals surface area contributed by atoms with Crippen molar-refractivity contribution in [2.24, 2.45) is 0 Å². The number of aromatic amines is 1. The quantitative estimate of drug-likeness (QED) is 0.586. The Morgan fingerprint density at radius 1 is 1.37 bits per heavy atom. The van der Waals surface area contributed by atoms with Crippen LogP contribution in [0.1, 0.15) is 37.0 Å². The van der Waals surface area contributed by atoms with E-state index >= 15 is 0 Å². The molecule has 8 nitrogen and oxygen atoms in total. The fourth-order valence-electron chi connectivity index (χ4n) is 2.73. The number of nitrogens with zero attached hydrogens (tertiary/aromatic N) is 4. The molecule has 1 fully saturated rings. The van der Waals surface area contributed by atoms with Gasteiger partial charge in [0.2, 0.25) is 17.6 Å². The Kier molecular flexibility index (Phi) is 5.04. The van der Waals surface area contributed by atoms with E-state index in [4.69, 9.17) is 28.3 Å². The number of aryl methyl sites for hydroxylation is 1. The molecule has 10 heteroatoms. The molecule has 0 radical (unpaired) electrons. The number of rotatable bonds is 7. The van der Waals surface area contributed by atoms with E-state index in [1.54, 1.807) is 12.1 Å². The lowest BCUT2D eigenvalue weighted by Crippen LogP contribution is -2.25. The molecular formula is C17H17ClN6O2S. The van der Waals surface area contributed by atoms with Gasteiger partial charge in [0.25, 0.3) is 0 Å². The lowest BCUT2D eigenvalue weighted by atomic mass is 10.2. The number of H-pyrrole nitrogens is 1. The molecule has 2 heterocycles. The van der Waals surface area contributed by atoms with Crippen LogP contribution in [0.3, 0.4) is 0 Å². The molecular weight excluding hydrogens is 388 g/mol. The van der Waals surface area contributed by atoms with E-state index in [0.29, 0.717) is 40.5 Å². The fourth-order valence-corrected chi connectivity index (χ4v) is 3.16. The molecule has 1 amide bonds. The Balaban J connectivity index is 1.30. The predicted octanol–water partition coefficient (Wildman–Crippen LogP) is 3.23. The third-order valence-corrected chi connectivity index (χ3v) is 4.81. The zero-order chi connectivity index (χ0) is 18.8. The molecule has 1 aromatic carbocycles. The van der Waals surface area contributed by atoms with Crippen molar-refractivity contribution in [3.63, 3.8) is 0 Å². The molecule has 0 saturated heterocycles. The normalized spacial score (nSPS) is 13.7. The van der Waals surface area contributed by atoms with E-state index in [9.17, 15) is 4.79 Å². The Morgan fingerprint density at radius 3 is 2.89 bits per heavy atom. The second-order valence-corrected chi connectivity index (χ2v) is 7.16. The SMILES string of the molecule is O=C(CCc1nc(-c2ccc(Cl)cc2)no1)NCc1n[nH]c(=S)n1C1CC1. The zero-order valence-electron chi connectivity index (χ0n) is 14.3. The molecule has 1 aliphatic rings. The molecule has 0 spiro atoms. The van der Waals surface area contributed by atoms with Crippen molar-refractivity contribution in [3.05, 3.63) is 45.8 Å². The highest BCUT2D eigenvalue weighted by atomic mass is 35.5. The van der Waals surface area contributed by atoms with Crippen LogP contribution in [-0.4, -0.2) is 30.8 Å². The van der Waals surface area contributed by atoms with E-state index in [2.05, 4.69) is 25.7 Å². The summed E-state index contributed by atoms with van der Waals surface area (Å²) in [5, 5.41) is 14.4. The predicted molar refractivity (Wildman–Crippen MR) is 101 cm³/mol. The van der Waals surface area contributed by atoms with Gasteiger partial charge >= 0.3 is 0 Å². The first-order valence-electron chi connectivity index (χ1n) is 8.61. The molecule has 0 bridgehead atoms. The van der Waals surface area contributed by atoms with Gasteiger partial charge in [-0.25, -0.2) is 0 Å². The molecule has 0 aliphatic heterocycles. The van der Waals surface area contributed by atoms with E-state index in [1.165, 1.54) is 0 Å². The number of carbonyl (C=O) groups excluding carboxylic acids is 1. The Hall–Kier alpha value is -2.52. The Labute approximate surface area is 164 Å². The number of nitrogens with one attached hydrogen (secondary N) is 2. The minimum absolute atomic E-state index is 0.113. The molecule has 1 aliphatic carbocycles. The highest BCUT2D eigenvalue weighted by molar-refractivity contribution is 7.71. The number of benzene rings is 1. The van der Waals surface area contributed by atoms with Crippen LogP contribution in [-0.2, 0) is 17.8 Å². The lowest BCUT2D eigenvalue weighted by molar-refractivity contribution is -0.121. The first-order valence-corrected chi connectivity index (χ1v) is 9.40. The summed E-state index contributed by atoms with van der Waals surface area (Å²) in [5.74, 6) is 1.52. The van der Waals surface area contributed by atoms with Crippen LogP contribution in [0.2, 0.25) is 5.02 Å². The van der Waals surface area contributed by atoms with Gasteiger partial charge in [-0.3, -0.25) is 14.5 Å². The smallest absolute Gasteiger partial charge is 0.227 e. The monoisotopic (exact) mass is 404 g/mol. The Morgan fingerprint density at radius 2 is 2.15 bits per heavy atom. The largest absolute Gasteiger partial charge is 0.349 e. The molecule has 27 heavy (non-hydrogen) atoms. The lowest BCUT2D eigenvalue weighted by Gasteiger charge is -2.06. The van der Waals surface area contributed by atoms with Crippen molar-refractivity contribution < 1.29 is 9.32 Å². The molecule has 4 rings (SSSR count). The van der Waals surface area contributed by atoms with Gasteiger partial charge in [-0.15, -0.1) is 0 Å². The van der Waals surface area contributed by atoms with E-state index in [0.717, 1.165) is 24.2 Å². The number of halogens is 1. The molecule has 1 saturated carbocycles. The van der Waals surface area contributed by atoms with Crippen LogP contribution in [0, 0.1) is 4.77 Å². The summed E-state index contributed by atoms with van der Waals surface area (Å²) >= 11 is 11.1. The highest BCUT2D eigenvalue weighted by Gasteiger charge is 2.27. The van der Waals surface area contributed by atoms with Crippen molar-refractivity contribution in [3.8, 4) is 11.4 Å². The molecule has 0 atom stereocenters. The highest BCUT2D eigenvalue weighted by Crippen LogP contribution is 2.35. The van der Waals surface area contributed by atoms with Gasteiger partial charge in [0.05, 0.1) is 6.54 Å². The van der Waals surface area contributed by atoms with E-state index < -0.39 is 0 Å². The van der Waals surface area contributed by atoms with Crippen LogP contribution < -0.4 is 5.32 Å². The second kappa shape index (κ2) is 7.61. The number of hydrogen-bond acceptors (Lipinski definition) is 6. The average Bonchev–Trinajstić information content (AvgIpc) is 3.26. The second-order valence-electron chi connectivity index (χ2n) is 6.34. The topological polar surface area (TPSA) is 102 Å². The average molecular weight is 405 g/mol. The summed E-state index contributed by atoms with van der Waals surface area (Å²) in [7, 11) is 0. The van der Waals surface area contributed by atoms with E-state index in [1.807, 2.05) is 16.7 Å². The van der Waals surface area contributed by atoms with Gasteiger partial charge < -0.3 is 9.84 Å². The van der Waals surface area contributed by atoms with Crippen molar-refractivity contribution in [2.75, 3.05) is 0 Å². The maximum atomic E-state index is 12.1. The third kappa shape index (κ3) is 4.25. The number of carbonyl (C=O) groups is 1. The maximum Gasteiger partial charge on any atom is 0.227 e. The van der Waals surface area contributed by atoms with Gasteiger partial charge in [-0.2, -0.15) is 10.1 Å². The van der Waals surface area contributed by atoms with Crippen LogP contribution >= 0.6 is 23.8 Å². The van der Waals surface area contributed by atoms with Crippen molar-refractivity contribution >= 4 is 29.7 Å². The van der Waals surface area contributed by atoms with Gasteiger partial charge in [0.1, 0.15) is 0 Å². The minimum Gasteiger partial charge on any atom is -0.349 e. The summed E-state index contributed by atoms with van der Waals surface area (Å²) in [6, 6.07) is 7.56. The van der Waals surface area contributed by atoms with Gasteiger partial charge in [-0.1, -0.05) is 16.8 Å². The summed E-state index contributed by atoms with van der Waals surface area (Å²) in [6.07, 6.45) is 2.81. The molecule has 3 aromatic rings. The van der Waals surface area contributed by atoms with Crippen LogP contribution in [0.25, 0.3) is 11.4 Å². The molecule has 0 unspecified atom stereocenters. The number of amides is 1. The number of hydrogen-bond donors (Lipinski definition) is 2. The van der Waals surface area contributed by atoms with Gasteiger partial charge in [0.15, 0.2) is 10.6 Å². The Bertz CT molecular complexity index is 1010. The van der Waals surface area contributed by atoms with E-state index in [-0.39, 0.29) is 12.3 Å². The number of aromatic nitrogens is 5. The van der Waals surface area contributed by atoms with Crippen molar-refractivity contribution in [1.29, 1.82) is 0 Å². The van der Waals surface area contributed by atoms with Crippen molar-refractivity contribution in [1.82, 2.24) is 30.2 Å². The zero-order valence-corrected chi connectivity index (χ0v) is 15.9. The maximum absolute atomic E-state index is 12.1. The molecule has 2 N–H and O–H groups in total. The van der Waals surface area contributed by atoms with Crippen LogP contribution in [0.4, 0.5) is 0 Å². The van der Waals surface area contributed by atoms with Crippen molar-refractivity contribution in [2.45, 2.75) is 38.3 Å². The fraction of sp³-hybridized carbons (Fsp3) is 0.353. The minimum atomic E-state index is -0.113. The third-order valence-electron chi connectivity index (χ3n) is 4.27. The summed E-state index contributed by atoms with van der Waals surface area (Å²) < 4.78 is 7.79. The van der Waals surface area contributed by atoms with Crippen LogP contribution in [0.15, 0.2) is 28.8 Å².